The Balaban J connectivity index is 0.951. The van der Waals surface area contributed by atoms with Crippen molar-refractivity contribution >= 4 is 94.0 Å². The van der Waals surface area contributed by atoms with Crippen molar-refractivity contribution in [3.63, 3.8) is 0 Å². The van der Waals surface area contributed by atoms with E-state index >= 15 is 0 Å². The zero-order valence-corrected chi connectivity index (χ0v) is 46.6. The van der Waals surface area contributed by atoms with Crippen molar-refractivity contribution in [2.75, 3.05) is 9.80 Å². The molecule has 13 aromatic carbocycles. The van der Waals surface area contributed by atoms with Crippen molar-refractivity contribution in [2.24, 2.45) is 0 Å². The summed E-state index contributed by atoms with van der Waals surface area (Å²) in [5, 5.41) is 9.45. The molecule has 2 heterocycles. The molecule has 0 spiro atoms. The Morgan fingerprint density at radius 2 is 0.952 bits per heavy atom. The molecule has 0 bridgehead atoms. The Kier molecular flexibility index (Phi) is 12.1. The van der Waals surface area contributed by atoms with Crippen LogP contribution in [-0.4, -0.2) is 6.10 Å². The van der Waals surface area contributed by atoms with Gasteiger partial charge in [-0.3, -0.25) is 0 Å². The minimum atomic E-state index is -0.150. The summed E-state index contributed by atoms with van der Waals surface area (Å²) in [4.78, 5) is 4.95. The fraction of sp³-hybridized carbons (Fsp3) is 0.0750. The van der Waals surface area contributed by atoms with Gasteiger partial charge in [-0.25, -0.2) is 0 Å². The van der Waals surface area contributed by atoms with Crippen molar-refractivity contribution in [3.05, 3.63) is 302 Å². The molecule has 2 atom stereocenters. The Morgan fingerprint density at radius 1 is 0.405 bits per heavy atom. The summed E-state index contributed by atoms with van der Waals surface area (Å²) in [6, 6.07) is 97.4. The van der Waals surface area contributed by atoms with Crippen LogP contribution in [0, 0.1) is 0 Å². The number of aryl methyl sites for hydroxylation is 1. The fourth-order valence-electron chi connectivity index (χ4n) is 13.5. The van der Waals surface area contributed by atoms with Gasteiger partial charge in [0.15, 0.2) is 5.58 Å². The molecule has 0 radical (unpaired) electrons. The van der Waals surface area contributed by atoms with Crippen LogP contribution in [0.25, 0.3) is 93.2 Å². The maximum absolute atomic E-state index is 7.31. The SMILES string of the molecule is CCCCc1cc(N(c2ccccc2)c2cc(-c3ccccc3)cc3c2OC2C=CC(c4ccccc4)=CC32)c2ccc3ccc(N(c4ccccc4)c4cc(-c5ccccc5)cc5c4oc4ccc(-c6ccccc6)cc45)c4ccc1c2c34. The second-order valence-corrected chi connectivity index (χ2v) is 22.5. The fourth-order valence-corrected chi connectivity index (χ4v) is 13.5. The summed E-state index contributed by atoms with van der Waals surface area (Å²) in [6.07, 6.45) is 9.86. The number of hydrogen-bond donors (Lipinski definition) is 0. The van der Waals surface area contributed by atoms with E-state index in [0.717, 1.165) is 114 Å². The average Bonchev–Trinajstić information content (AvgIpc) is 1.25. The van der Waals surface area contributed by atoms with Gasteiger partial charge in [-0.05, 0) is 163 Å². The second kappa shape index (κ2) is 20.5. The first-order chi connectivity index (χ1) is 41.6. The number of rotatable bonds is 13. The van der Waals surface area contributed by atoms with Gasteiger partial charge in [0.1, 0.15) is 17.4 Å². The summed E-state index contributed by atoms with van der Waals surface area (Å²) in [6.45, 7) is 2.30. The minimum Gasteiger partial charge on any atom is -0.483 e. The quantitative estimate of drug-likeness (QED) is 0.108. The van der Waals surface area contributed by atoms with Crippen molar-refractivity contribution in [1.29, 1.82) is 0 Å². The van der Waals surface area contributed by atoms with Crippen LogP contribution in [0.5, 0.6) is 5.75 Å². The number of nitrogens with zero attached hydrogens (tertiary/aromatic N) is 2. The van der Waals surface area contributed by atoms with Gasteiger partial charge in [0.05, 0.1) is 22.7 Å². The zero-order valence-electron chi connectivity index (χ0n) is 46.6. The molecule has 0 saturated carbocycles. The number of para-hydroxylation sites is 2. The van der Waals surface area contributed by atoms with Gasteiger partial charge in [0, 0.05) is 44.4 Å². The largest absolute Gasteiger partial charge is 0.483 e. The van der Waals surface area contributed by atoms with Crippen molar-refractivity contribution in [1.82, 2.24) is 0 Å². The van der Waals surface area contributed by atoms with Gasteiger partial charge in [0.25, 0.3) is 0 Å². The highest BCUT2D eigenvalue weighted by Crippen LogP contribution is 2.56. The lowest BCUT2D eigenvalue weighted by molar-refractivity contribution is 0.270. The number of ether oxygens (including phenoxy) is 1. The molecule has 2 aliphatic rings. The molecule has 0 amide bonds. The minimum absolute atomic E-state index is 0.0219. The van der Waals surface area contributed by atoms with E-state index in [4.69, 9.17) is 9.15 Å². The maximum Gasteiger partial charge on any atom is 0.159 e. The second-order valence-electron chi connectivity index (χ2n) is 22.5. The molecule has 4 nitrogen and oxygen atoms in total. The van der Waals surface area contributed by atoms with Crippen molar-refractivity contribution < 1.29 is 9.15 Å². The van der Waals surface area contributed by atoms with Gasteiger partial charge in [-0.1, -0.05) is 220 Å². The highest BCUT2D eigenvalue weighted by Gasteiger charge is 2.38. The number of unbranched alkanes of at least 4 members (excludes halogenated alkanes) is 1. The molecule has 1 aromatic heterocycles. The molecule has 84 heavy (non-hydrogen) atoms. The monoisotopic (exact) mass is 1080 g/mol. The summed E-state index contributed by atoms with van der Waals surface area (Å²) in [5.74, 6) is 0.935. The lowest BCUT2D eigenvalue weighted by Gasteiger charge is -2.31. The topological polar surface area (TPSA) is 28.9 Å². The molecule has 2 unspecified atom stereocenters. The Labute approximate surface area is 489 Å². The molecule has 0 N–H and O–H groups in total. The van der Waals surface area contributed by atoms with Gasteiger partial charge < -0.3 is 19.0 Å². The van der Waals surface area contributed by atoms with Crippen LogP contribution in [0.1, 0.15) is 42.4 Å². The van der Waals surface area contributed by atoms with Gasteiger partial charge in [-0.2, -0.15) is 0 Å². The smallest absolute Gasteiger partial charge is 0.159 e. The van der Waals surface area contributed by atoms with Crippen LogP contribution in [0.3, 0.4) is 0 Å². The first kappa shape index (κ1) is 49.4. The third kappa shape index (κ3) is 8.36. The highest BCUT2D eigenvalue weighted by molar-refractivity contribution is 6.29. The number of hydrogen-bond acceptors (Lipinski definition) is 4. The normalized spacial score (nSPS) is 14.5. The Hall–Kier alpha value is -10.4. The van der Waals surface area contributed by atoms with Crippen LogP contribution in [0.15, 0.2) is 290 Å². The molecular weight excluding hydrogens is 1020 g/mol. The third-order valence-electron chi connectivity index (χ3n) is 17.5. The lowest BCUT2D eigenvalue weighted by atomic mass is 9.85. The molecular formula is C80H58N2O2. The predicted molar refractivity (Wildman–Crippen MR) is 352 cm³/mol. The average molecular weight is 1080 g/mol. The maximum atomic E-state index is 7.31. The van der Waals surface area contributed by atoms with E-state index in [2.05, 4.69) is 302 Å². The number of anilines is 6. The van der Waals surface area contributed by atoms with E-state index in [1.54, 1.807) is 0 Å². The number of fused-ring (bicyclic) bond motifs is 6. The first-order valence-electron chi connectivity index (χ1n) is 29.5. The van der Waals surface area contributed by atoms with Crippen LogP contribution in [0.4, 0.5) is 34.1 Å². The summed E-state index contributed by atoms with van der Waals surface area (Å²) >= 11 is 0. The molecule has 4 heteroatoms. The van der Waals surface area contributed by atoms with Crippen LogP contribution in [0.2, 0.25) is 0 Å². The van der Waals surface area contributed by atoms with Gasteiger partial charge in [0.2, 0.25) is 0 Å². The predicted octanol–water partition coefficient (Wildman–Crippen LogP) is 22.3. The van der Waals surface area contributed by atoms with Crippen LogP contribution >= 0.6 is 0 Å². The number of furan rings is 1. The Bertz CT molecular complexity index is 4840. The molecule has 0 fully saturated rings. The molecule has 1 aliphatic carbocycles. The van der Waals surface area contributed by atoms with E-state index in [-0.39, 0.29) is 12.0 Å². The van der Waals surface area contributed by atoms with Crippen LogP contribution in [-0.2, 0) is 6.42 Å². The molecule has 400 valence electrons. The number of allylic oxidation sites excluding steroid dienone is 2. The van der Waals surface area contributed by atoms with E-state index < -0.39 is 0 Å². The van der Waals surface area contributed by atoms with Crippen molar-refractivity contribution in [3.8, 4) is 39.1 Å². The number of benzene rings is 13. The lowest BCUT2D eigenvalue weighted by Crippen LogP contribution is -2.17. The molecule has 1 aliphatic heterocycles. The Morgan fingerprint density at radius 3 is 1.62 bits per heavy atom. The standard InChI is InChI=1S/C80H58N2O2/c1-2-3-22-59-49-72(82(63-33-20-9-21-34-63)74-51-61(55-29-16-7-17-30-55)48-70-68-46-58(53-25-12-5-13-26-53)38-44-76(68)84-80(70)74)66-39-35-56-36-42-71(65-41-40-64(59)78(66)77(56)65)81(62-31-18-8-19-32-62)73-50-60(54-27-14-6-15-28-54)47-69-67-45-57(52-23-10-4-11-24-52)37-43-75(67)83-79(69)73/h4-21,23-51,68,76H,2-3,22H2,1H3. The van der Waals surface area contributed by atoms with E-state index in [0.29, 0.717) is 0 Å². The van der Waals surface area contributed by atoms with E-state index in [9.17, 15) is 0 Å². The van der Waals surface area contributed by atoms with Crippen LogP contribution < -0.4 is 14.5 Å². The summed E-state index contributed by atoms with van der Waals surface area (Å²) < 4.78 is 14.5. The molecule has 0 saturated heterocycles. The van der Waals surface area contributed by atoms with E-state index in [1.807, 2.05) is 0 Å². The van der Waals surface area contributed by atoms with Crippen molar-refractivity contribution in [2.45, 2.75) is 38.2 Å². The molecule has 14 aromatic rings. The summed E-state index contributed by atoms with van der Waals surface area (Å²) in [7, 11) is 0. The highest BCUT2D eigenvalue weighted by atomic mass is 16.5. The first-order valence-corrected chi connectivity index (χ1v) is 29.5. The zero-order chi connectivity index (χ0) is 55.7. The summed E-state index contributed by atoms with van der Waals surface area (Å²) in [5.41, 5.74) is 19.8. The van der Waals surface area contributed by atoms with Gasteiger partial charge >= 0.3 is 0 Å². The molecule has 16 rings (SSSR count). The van der Waals surface area contributed by atoms with Gasteiger partial charge in [-0.15, -0.1) is 0 Å². The van der Waals surface area contributed by atoms with E-state index in [1.165, 1.54) is 54.8 Å². The third-order valence-corrected chi connectivity index (χ3v) is 17.5.